The van der Waals surface area contributed by atoms with Crippen molar-refractivity contribution in [3.8, 4) is 0 Å². The van der Waals surface area contributed by atoms with Crippen molar-refractivity contribution in [2.75, 3.05) is 26.2 Å². The highest BCUT2D eigenvalue weighted by Crippen LogP contribution is 2.40. The average molecular weight is 962 g/mol. The molecule has 12 nitrogen and oxygen atoms in total. The van der Waals surface area contributed by atoms with Crippen LogP contribution in [0.25, 0.3) is 22.1 Å². The van der Waals surface area contributed by atoms with E-state index in [2.05, 4.69) is 56.0 Å². The quantitative estimate of drug-likeness (QED) is 0.159. The fourth-order valence-electron chi connectivity index (χ4n) is 10.8. The number of aliphatic carboxylic acids is 1. The highest BCUT2D eigenvalue weighted by atomic mass is 19.3. The number of hydrogen-bond donors (Lipinski definition) is 2. The summed E-state index contributed by atoms with van der Waals surface area (Å²) in [6.07, 6.45) is 6.77. The molecule has 16 heteroatoms. The van der Waals surface area contributed by atoms with Gasteiger partial charge in [-0.25, -0.2) is 27.5 Å². The molecule has 3 aliphatic carbocycles. The number of rotatable bonds is 9. The Bertz CT molecular complexity index is 2530. The van der Waals surface area contributed by atoms with Gasteiger partial charge in [0.15, 0.2) is 0 Å². The van der Waals surface area contributed by atoms with E-state index in [4.69, 9.17) is 9.97 Å². The van der Waals surface area contributed by atoms with E-state index in [0.717, 1.165) is 53.9 Å². The Morgan fingerprint density at radius 1 is 0.623 bits per heavy atom. The number of hydrogen-bond acceptors (Lipinski definition) is 6. The molecule has 69 heavy (non-hydrogen) atoms. The van der Waals surface area contributed by atoms with E-state index in [9.17, 15) is 41.8 Å². The van der Waals surface area contributed by atoms with Crippen LogP contribution >= 0.6 is 0 Å². The van der Waals surface area contributed by atoms with E-state index in [-0.39, 0.29) is 78.5 Å². The Hall–Kier alpha value is -5.02. The molecule has 9 rings (SSSR count). The molecule has 2 N–H and O–H groups in total. The van der Waals surface area contributed by atoms with E-state index in [1.54, 1.807) is 21.9 Å². The smallest absolute Gasteiger partial charge is 0.308 e. The lowest BCUT2D eigenvalue weighted by atomic mass is 9.86. The van der Waals surface area contributed by atoms with Crippen molar-refractivity contribution in [3.63, 3.8) is 0 Å². The monoisotopic (exact) mass is 962 g/mol. The Morgan fingerprint density at radius 2 is 1.03 bits per heavy atom. The van der Waals surface area contributed by atoms with E-state index < -0.39 is 23.7 Å². The third-order valence-electron chi connectivity index (χ3n) is 14.9. The molecule has 2 atom stereocenters. The van der Waals surface area contributed by atoms with Crippen LogP contribution in [0, 0.1) is 23.7 Å². The Kier molecular flexibility index (Phi) is 14.3. The van der Waals surface area contributed by atoms with Gasteiger partial charge in [-0.05, 0) is 112 Å². The number of carbonyl (C=O) groups is 4. The van der Waals surface area contributed by atoms with Gasteiger partial charge in [-0.15, -0.1) is 0 Å². The molecule has 2 unspecified atom stereocenters. The highest BCUT2D eigenvalue weighted by molar-refractivity contribution is 5.99. The largest absolute Gasteiger partial charge is 0.481 e. The standard InChI is InChI=1S/C28H38F2N4O2.C25H33F2N3O3/c1-27(2,3)26-32-22-15-19(6-9-23(22)34(26)16-18-10-12-28(29,30)13-11-18)25(36)33-14-4-5-20(17-33)24(35)31-21-7-8-21;1-24(2,3)23-28-19-13-17(21(31)29-12-4-5-18(15-29)22(32)33)6-7-20(19)30(23)14-16-8-10-25(26,27)11-9-16/h6,9,15,18,20-21H,4-5,7-8,10-14,16-17H2,1-3H3,(H,31,35);6-7,13,16,18H,4-5,8-12,14-15H2,1-3H3,(H,32,33). The number of benzene rings is 2. The molecule has 2 aliphatic heterocycles. The van der Waals surface area contributed by atoms with Gasteiger partial charge in [0.25, 0.3) is 11.8 Å². The van der Waals surface area contributed by atoms with Gasteiger partial charge in [0.05, 0.1) is 33.9 Å². The number of aromatic nitrogens is 4. The molecule has 0 bridgehead atoms. The number of amides is 3. The van der Waals surface area contributed by atoms with Crippen LogP contribution in [0.3, 0.4) is 0 Å². The lowest BCUT2D eigenvalue weighted by Crippen LogP contribution is -2.45. The summed E-state index contributed by atoms with van der Waals surface area (Å²) in [5.74, 6) is -4.66. The van der Waals surface area contributed by atoms with Gasteiger partial charge < -0.3 is 29.4 Å². The first-order valence-electron chi connectivity index (χ1n) is 25.3. The van der Waals surface area contributed by atoms with Crippen LogP contribution in [0.1, 0.15) is 164 Å². The number of nitrogens with zero attached hydrogens (tertiary/aromatic N) is 6. The fraction of sp³-hybridized carbons (Fsp3) is 0.660. The number of fused-ring (bicyclic) bond motifs is 2. The minimum Gasteiger partial charge on any atom is -0.481 e. The molecule has 4 aromatic rings. The van der Waals surface area contributed by atoms with Gasteiger partial charge in [-0.2, -0.15) is 0 Å². The second-order valence-corrected chi connectivity index (χ2v) is 22.9. The van der Waals surface area contributed by atoms with Crippen molar-refractivity contribution in [1.82, 2.24) is 34.2 Å². The zero-order valence-corrected chi connectivity index (χ0v) is 41.3. The molecule has 2 aromatic carbocycles. The number of halogens is 4. The SMILES string of the molecule is CC(C)(C)c1nc2cc(C(=O)N3CCCC(C(=O)NC4CC4)C3)ccc2n1CC1CCC(F)(F)CC1.CC(C)(C)c1nc2cc(C(=O)N3CCCC(C(=O)O)C3)ccc2n1CC1CCC(F)(F)CC1. The Labute approximate surface area is 403 Å². The number of likely N-dealkylation sites (tertiary alicyclic amines) is 2. The average Bonchev–Trinajstić information content (AvgIpc) is 3.93. The van der Waals surface area contributed by atoms with Crippen molar-refractivity contribution < 1.29 is 41.8 Å². The van der Waals surface area contributed by atoms with Gasteiger partial charge >= 0.3 is 5.97 Å². The first-order valence-corrected chi connectivity index (χ1v) is 25.3. The lowest BCUT2D eigenvalue weighted by Gasteiger charge is -2.32. The topological polar surface area (TPSA) is 143 Å². The second kappa shape index (κ2) is 19.6. The predicted molar refractivity (Wildman–Crippen MR) is 257 cm³/mol. The molecule has 3 amide bonds. The summed E-state index contributed by atoms with van der Waals surface area (Å²) in [7, 11) is 0. The van der Waals surface area contributed by atoms with Crippen LogP contribution in [0.4, 0.5) is 17.6 Å². The molecule has 5 aliphatic rings. The molecule has 0 spiro atoms. The van der Waals surface area contributed by atoms with Crippen LogP contribution in [-0.4, -0.2) is 102 Å². The molecule has 2 saturated heterocycles. The van der Waals surface area contributed by atoms with E-state index in [1.807, 2.05) is 24.3 Å². The summed E-state index contributed by atoms with van der Waals surface area (Å²) in [6.45, 7) is 15.7. The Morgan fingerprint density at radius 3 is 1.42 bits per heavy atom. The van der Waals surface area contributed by atoms with Gasteiger partial charge in [-0.3, -0.25) is 19.2 Å². The molecule has 4 heterocycles. The maximum atomic E-state index is 13.7. The minimum absolute atomic E-state index is 0.0523. The van der Waals surface area contributed by atoms with Crippen molar-refractivity contribution in [1.29, 1.82) is 0 Å². The lowest BCUT2D eigenvalue weighted by molar-refractivity contribution is -0.143. The summed E-state index contributed by atoms with van der Waals surface area (Å²) in [6, 6.07) is 11.4. The number of carboxylic acids is 1. The number of carbonyl (C=O) groups excluding carboxylic acids is 3. The molecular weight excluding hydrogens is 891 g/mol. The van der Waals surface area contributed by atoms with Crippen molar-refractivity contribution >= 4 is 45.8 Å². The molecule has 3 saturated carbocycles. The minimum atomic E-state index is -2.55. The van der Waals surface area contributed by atoms with Crippen LogP contribution in [0.15, 0.2) is 36.4 Å². The predicted octanol–water partition coefficient (Wildman–Crippen LogP) is 10.4. The second-order valence-electron chi connectivity index (χ2n) is 22.9. The molecule has 0 radical (unpaired) electrons. The number of carboxylic acid groups (broad SMARTS) is 1. The maximum Gasteiger partial charge on any atom is 0.308 e. The summed E-state index contributed by atoms with van der Waals surface area (Å²) in [5, 5.41) is 12.4. The number of alkyl halides is 4. The fourth-order valence-corrected chi connectivity index (χ4v) is 10.8. The number of piperidine rings is 2. The van der Waals surface area contributed by atoms with Gasteiger partial charge in [-0.1, -0.05) is 41.5 Å². The zero-order valence-electron chi connectivity index (χ0n) is 41.3. The molecule has 376 valence electrons. The van der Waals surface area contributed by atoms with Crippen LogP contribution in [0.5, 0.6) is 0 Å². The van der Waals surface area contributed by atoms with E-state index >= 15 is 0 Å². The third kappa shape index (κ3) is 12.0. The maximum absolute atomic E-state index is 13.7. The Balaban J connectivity index is 0.000000187. The van der Waals surface area contributed by atoms with Gasteiger partial charge in [0, 0.05) is 93.0 Å². The van der Waals surface area contributed by atoms with Crippen molar-refractivity contribution in [3.05, 3.63) is 59.2 Å². The summed E-state index contributed by atoms with van der Waals surface area (Å²) in [4.78, 5) is 63.6. The third-order valence-corrected chi connectivity index (χ3v) is 14.9. The normalized spacial score (nSPS) is 22.6. The first kappa shape index (κ1) is 50.4. The number of imidazole rings is 2. The van der Waals surface area contributed by atoms with Crippen molar-refractivity contribution in [2.24, 2.45) is 23.7 Å². The van der Waals surface area contributed by atoms with Gasteiger partial charge in [0.2, 0.25) is 17.8 Å². The van der Waals surface area contributed by atoms with Gasteiger partial charge in [0.1, 0.15) is 11.6 Å². The molecular formula is C53H71F4N7O5. The van der Waals surface area contributed by atoms with Crippen molar-refractivity contribution in [2.45, 2.75) is 173 Å². The molecule has 2 aromatic heterocycles. The van der Waals surface area contributed by atoms with Crippen LogP contribution in [0.2, 0.25) is 0 Å². The van der Waals surface area contributed by atoms with E-state index in [1.165, 1.54) is 0 Å². The summed E-state index contributed by atoms with van der Waals surface area (Å²) >= 11 is 0. The highest BCUT2D eigenvalue weighted by Gasteiger charge is 2.38. The summed E-state index contributed by atoms with van der Waals surface area (Å²) in [5.41, 5.74) is 3.90. The first-order chi connectivity index (χ1) is 32.4. The zero-order chi connectivity index (χ0) is 49.6. The van der Waals surface area contributed by atoms with Crippen LogP contribution < -0.4 is 5.32 Å². The number of nitrogens with one attached hydrogen (secondary N) is 1. The molecule has 5 fully saturated rings. The summed E-state index contributed by atoms with van der Waals surface area (Å²) < 4.78 is 59.0. The van der Waals surface area contributed by atoms with E-state index in [0.29, 0.717) is 93.9 Å². The van der Waals surface area contributed by atoms with Crippen LogP contribution in [-0.2, 0) is 33.5 Å².